The molecule has 0 aliphatic heterocycles. The van der Waals surface area contributed by atoms with Crippen molar-refractivity contribution in [3.63, 3.8) is 0 Å². The van der Waals surface area contributed by atoms with Crippen molar-refractivity contribution >= 4 is 35.0 Å². The monoisotopic (exact) mass is 343 g/mol. The molecule has 0 N–H and O–H groups in total. The van der Waals surface area contributed by atoms with Crippen LogP contribution in [0.3, 0.4) is 0 Å². The van der Waals surface area contributed by atoms with Gasteiger partial charge in [-0.3, -0.25) is 4.57 Å². The van der Waals surface area contributed by atoms with Crippen molar-refractivity contribution in [1.29, 1.82) is 0 Å². The van der Waals surface area contributed by atoms with E-state index in [-0.39, 0.29) is 12.3 Å². The average Bonchev–Trinajstić information content (AvgIpc) is 2.76. The fraction of sp³-hybridized carbons (Fsp3) is 0.231. The van der Waals surface area contributed by atoms with E-state index < -0.39 is 16.7 Å². The molecule has 2 rings (SSSR count). The second kappa shape index (κ2) is 6.33. The Bertz CT molecular complexity index is 758. The fourth-order valence-corrected chi connectivity index (χ4v) is 2.12. The van der Waals surface area contributed by atoms with Crippen LogP contribution in [0.4, 0.5) is 5.82 Å². The summed E-state index contributed by atoms with van der Waals surface area (Å²) in [6.45, 7) is 1.47. The number of carbonyl (C=O) groups excluding carboxylic acids is 1. The molecule has 2 aromatic rings. The summed E-state index contributed by atoms with van der Waals surface area (Å²) in [5.74, 6) is -1.02. The molecule has 1 aromatic heterocycles. The van der Waals surface area contributed by atoms with Crippen molar-refractivity contribution in [2.45, 2.75) is 13.5 Å². The van der Waals surface area contributed by atoms with Crippen LogP contribution in [-0.4, -0.2) is 20.4 Å². The number of carbonyl (C=O) groups is 1. The molecule has 0 fully saturated rings. The third-order valence-electron chi connectivity index (χ3n) is 3.02. The fourth-order valence-electron chi connectivity index (χ4n) is 1.80. The Kier molecular flexibility index (Phi) is 4.68. The minimum Gasteiger partial charge on any atom is -0.456 e. The Morgan fingerprint density at radius 2 is 2.09 bits per heavy atom. The van der Waals surface area contributed by atoms with Gasteiger partial charge in [-0.15, -0.1) is 0 Å². The standard InChI is InChI=1S/C13H11Cl2N3O4/c1-7-16-12(18(20)21)11(17(7)2)13(19)22-6-8-3-4-9(14)10(15)5-8/h3-5H,6H2,1-2H3. The third-order valence-corrected chi connectivity index (χ3v) is 3.76. The van der Waals surface area contributed by atoms with Crippen LogP contribution >= 0.6 is 23.2 Å². The molecule has 0 atom stereocenters. The molecule has 0 unspecified atom stereocenters. The quantitative estimate of drug-likeness (QED) is 0.482. The summed E-state index contributed by atoms with van der Waals surface area (Å²) in [7, 11) is 1.51. The smallest absolute Gasteiger partial charge is 0.397 e. The van der Waals surface area contributed by atoms with Crippen molar-refractivity contribution in [2.75, 3.05) is 0 Å². The Morgan fingerprint density at radius 3 is 2.68 bits per heavy atom. The van der Waals surface area contributed by atoms with Crippen LogP contribution in [0, 0.1) is 17.0 Å². The van der Waals surface area contributed by atoms with Gasteiger partial charge in [-0.1, -0.05) is 29.3 Å². The highest BCUT2D eigenvalue weighted by molar-refractivity contribution is 6.42. The van der Waals surface area contributed by atoms with Gasteiger partial charge in [0.25, 0.3) is 0 Å². The predicted molar refractivity (Wildman–Crippen MR) is 80.2 cm³/mol. The first-order valence-corrected chi connectivity index (χ1v) is 6.85. The number of rotatable bonds is 4. The maximum atomic E-state index is 12.1. The van der Waals surface area contributed by atoms with Crippen LogP contribution in [0.15, 0.2) is 18.2 Å². The number of aromatic nitrogens is 2. The second-order valence-electron chi connectivity index (χ2n) is 4.47. The number of hydrogen-bond donors (Lipinski definition) is 0. The van der Waals surface area contributed by atoms with Gasteiger partial charge in [0, 0.05) is 14.0 Å². The van der Waals surface area contributed by atoms with E-state index in [2.05, 4.69) is 4.98 Å². The van der Waals surface area contributed by atoms with Gasteiger partial charge in [0.15, 0.2) is 0 Å². The number of ether oxygens (including phenoxy) is 1. The predicted octanol–water partition coefficient (Wildman–Crippen LogP) is 3.30. The van der Waals surface area contributed by atoms with Gasteiger partial charge in [0.1, 0.15) is 6.61 Å². The van der Waals surface area contributed by atoms with Crippen LogP contribution < -0.4 is 0 Å². The first-order valence-electron chi connectivity index (χ1n) is 6.10. The lowest BCUT2D eigenvalue weighted by Crippen LogP contribution is -2.12. The van der Waals surface area contributed by atoms with Gasteiger partial charge in [0.05, 0.1) is 10.0 Å². The molecule has 116 valence electrons. The number of nitrogens with zero attached hydrogens (tertiary/aromatic N) is 3. The van der Waals surface area contributed by atoms with Gasteiger partial charge < -0.3 is 14.9 Å². The van der Waals surface area contributed by atoms with E-state index in [9.17, 15) is 14.9 Å². The zero-order valence-electron chi connectivity index (χ0n) is 11.7. The van der Waals surface area contributed by atoms with Gasteiger partial charge in [-0.05, 0) is 27.6 Å². The number of hydrogen-bond acceptors (Lipinski definition) is 5. The lowest BCUT2D eigenvalue weighted by Gasteiger charge is -2.06. The molecule has 0 saturated carbocycles. The lowest BCUT2D eigenvalue weighted by atomic mass is 10.2. The molecule has 0 bridgehead atoms. The first kappa shape index (κ1) is 16.3. The van der Waals surface area contributed by atoms with Gasteiger partial charge >= 0.3 is 11.8 Å². The van der Waals surface area contributed by atoms with Crippen LogP contribution in [0.5, 0.6) is 0 Å². The Hall–Kier alpha value is -2.12. The Balaban J connectivity index is 2.19. The van der Waals surface area contributed by atoms with E-state index in [0.29, 0.717) is 21.4 Å². The maximum Gasteiger partial charge on any atom is 0.397 e. The van der Waals surface area contributed by atoms with E-state index in [1.165, 1.54) is 11.6 Å². The zero-order chi connectivity index (χ0) is 16.4. The number of nitro groups is 1. The van der Waals surface area contributed by atoms with E-state index >= 15 is 0 Å². The topological polar surface area (TPSA) is 87.3 Å². The molecule has 1 heterocycles. The highest BCUT2D eigenvalue weighted by atomic mass is 35.5. The van der Waals surface area contributed by atoms with Crippen LogP contribution in [0.2, 0.25) is 10.0 Å². The third kappa shape index (κ3) is 3.20. The van der Waals surface area contributed by atoms with Crippen molar-refractivity contribution in [3.8, 4) is 0 Å². The molecule has 9 heteroatoms. The molecule has 0 saturated heterocycles. The highest BCUT2D eigenvalue weighted by Gasteiger charge is 2.30. The molecule has 1 aromatic carbocycles. The summed E-state index contributed by atoms with van der Waals surface area (Å²) in [5, 5.41) is 11.7. The normalized spacial score (nSPS) is 10.5. The van der Waals surface area contributed by atoms with Crippen molar-refractivity contribution < 1.29 is 14.5 Å². The minimum atomic E-state index is -0.833. The summed E-state index contributed by atoms with van der Waals surface area (Å²) in [5.41, 5.74) is 0.409. The van der Waals surface area contributed by atoms with Crippen molar-refractivity contribution in [2.24, 2.45) is 7.05 Å². The number of benzene rings is 1. The highest BCUT2D eigenvalue weighted by Crippen LogP contribution is 2.24. The van der Waals surface area contributed by atoms with Gasteiger partial charge in [-0.25, -0.2) is 4.79 Å². The molecule has 0 aliphatic rings. The second-order valence-corrected chi connectivity index (χ2v) is 5.29. The van der Waals surface area contributed by atoms with E-state index in [4.69, 9.17) is 27.9 Å². The summed E-state index contributed by atoms with van der Waals surface area (Å²) in [6.07, 6.45) is 0. The molecule has 7 nitrogen and oxygen atoms in total. The molecular weight excluding hydrogens is 333 g/mol. The van der Waals surface area contributed by atoms with Crippen LogP contribution in [-0.2, 0) is 18.4 Å². The summed E-state index contributed by atoms with van der Waals surface area (Å²) < 4.78 is 6.40. The molecule has 0 amide bonds. The lowest BCUT2D eigenvalue weighted by molar-refractivity contribution is -0.389. The van der Waals surface area contributed by atoms with E-state index in [0.717, 1.165) is 0 Å². The largest absolute Gasteiger partial charge is 0.456 e. The van der Waals surface area contributed by atoms with Crippen molar-refractivity contribution in [3.05, 3.63) is 55.4 Å². The zero-order valence-corrected chi connectivity index (χ0v) is 13.2. The average molecular weight is 344 g/mol. The first-order chi connectivity index (χ1) is 10.3. The molecular formula is C13H11Cl2N3O4. The molecule has 0 radical (unpaired) electrons. The molecule has 0 aliphatic carbocycles. The number of esters is 1. The maximum absolute atomic E-state index is 12.1. The summed E-state index contributed by atoms with van der Waals surface area (Å²) >= 11 is 11.7. The van der Waals surface area contributed by atoms with E-state index in [1.807, 2.05) is 0 Å². The Morgan fingerprint density at radius 1 is 1.41 bits per heavy atom. The number of halogens is 2. The Labute approximate surface area is 135 Å². The van der Waals surface area contributed by atoms with Gasteiger partial charge in [-0.2, -0.15) is 0 Å². The van der Waals surface area contributed by atoms with E-state index in [1.54, 1.807) is 25.1 Å². The molecule has 22 heavy (non-hydrogen) atoms. The molecule has 0 spiro atoms. The van der Waals surface area contributed by atoms with Crippen LogP contribution in [0.25, 0.3) is 0 Å². The number of imidazole rings is 1. The summed E-state index contributed by atoms with van der Waals surface area (Å²) in [6, 6.07) is 4.77. The van der Waals surface area contributed by atoms with Crippen LogP contribution in [0.1, 0.15) is 21.9 Å². The SMILES string of the molecule is Cc1nc([N+](=O)[O-])c(C(=O)OCc2ccc(Cl)c(Cl)c2)n1C. The number of aryl methyl sites for hydroxylation is 1. The van der Waals surface area contributed by atoms with Crippen molar-refractivity contribution in [1.82, 2.24) is 9.55 Å². The summed E-state index contributed by atoms with van der Waals surface area (Å²) in [4.78, 5) is 26.0. The minimum absolute atomic E-state index is 0.0862. The van der Waals surface area contributed by atoms with Gasteiger partial charge in [0.2, 0.25) is 11.5 Å².